The Morgan fingerprint density at radius 3 is 2.65 bits per heavy atom. The van der Waals surface area contributed by atoms with Crippen LogP contribution in [0.4, 0.5) is 5.82 Å². The lowest BCUT2D eigenvalue weighted by atomic mass is 9.84. The Kier molecular flexibility index (Phi) is 3.87. The monoisotopic (exact) mass is 274 g/mol. The lowest BCUT2D eigenvalue weighted by Crippen LogP contribution is -2.50. The minimum atomic E-state index is 0.315. The molecule has 5 heteroatoms. The summed E-state index contributed by atoms with van der Waals surface area (Å²) in [6.07, 6.45) is 5.11. The molecule has 1 aliphatic carbocycles. The third-order valence-corrected chi connectivity index (χ3v) is 4.46. The molecule has 0 bridgehead atoms. The van der Waals surface area contributed by atoms with Gasteiger partial charge in [-0.2, -0.15) is 0 Å². The van der Waals surface area contributed by atoms with Gasteiger partial charge in [0.15, 0.2) is 0 Å². The van der Waals surface area contributed by atoms with E-state index in [2.05, 4.69) is 9.88 Å². The second-order valence-corrected chi connectivity index (χ2v) is 5.78. The fourth-order valence-electron chi connectivity index (χ4n) is 2.87. The van der Waals surface area contributed by atoms with Crippen molar-refractivity contribution in [2.45, 2.75) is 25.8 Å². The van der Waals surface area contributed by atoms with Crippen molar-refractivity contribution in [3.8, 4) is 0 Å². The van der Waals surface area contributed by atoms with Crippen LogP contribution in [-0.4, -0.2) is 46.9 Å². The Bertz CT molecular complexity index is 479. The Morgan fingerprint density at radius 2 is 2.05 bits per heavy atom. The first kappa shape index (κ1) is 13.4. The van der Waals surface area contributed by atoms with E-state index in [1.807, 2.05) is 17.0 Å². The fraction of sp³-hybridized carbons (Fsp3) is 0.600. The second-order valence-electron chi connectivity index (χ2n) is 5.78. The van der Waals surface area contributed by atoms with Crippen LogP contribution in [0.1, 0.15) is 24.8 Å². The Morgan fingerprint density at radius 1 is 1.30 bits per heavy atom. The standard InChI is InChI=1S/C15H22N4O/c16-14-13(5-2-6-17-14)11-18-7-9-19(10-8-18)15(20)12-3-1-4-12/h2,5-6,12H,1,3-4,7-11H2,(H2,16,17). The molecular weight excluding hydrogens is 252 g/mol. The zero-order valence-electron chi connectivity index (χ0n) is 11.8. The summed E-state index contributed by atoms with van der Waals surface area (Å²) < 4.78 is 0. The molecule has 0 radical (unpaired) electrons. The average Bonchev–Trinajstić information content (AvgIpc) is 2.40. The maximum Gasteiger partial charge on any atom is 0.225 e. The Hall–Kier alpha value is -1.62. The summed E-state index contributed by atoms with van der Waals surface area (Å²) in [4.78, 5) is 20.7. The fourth-order valence-corrected chi connectivity index (χ4v) is 2.87. The smallest absolute Gasteiger partial charge is 0.225 e. The van der Waals surface area contributed by atoms with Gasteiger partial charge in [-0.3, -0.25) is 9.69 Å². The molecule has 1 saturated heterocycles. The maximum absolute atomic E-state index is 12.2. The molecule has 5 nitrogen and oxygen atoms in total. The summed E-state index contributed by atoms with van der Waals surface area (Å²) in [7, 11) is 0. The highest BCUT2D eigenvalue weighted by Gasteiger charge is 2.31. The number of carbonyl (C=O) groups is 1. The molecule has 0 unspecified atom stereocenters. The number of anilines is 1. The molecule has 2 N–H and O–H groups in total. The molecule has 0 atom stereocenters. The summed E-state index contributed by atoms with van der Waals surface area (Å²) in [5.41, 5.74) is 6.95. The van der Waals surface area contributed by atoms with E-state index in [1.54, 1.807) is 6.20 Å². The van der Waals surface area contributed by atoms with E-state index in [1.165, 1.54) is 6.42 Å². The van der Waals surface area contributed by atoms with Crippen LogP contribution in [0.3, 0.4) is 0 Å². The van der Waals surface area contributed by atoms with E-state index in [0.717, 1.165) is 51.1 Å². The molecule has 3 rings (SSSR count). The average molecular weight is 274 g/mol. The number of hydrogen-bond donors (Lipinski definition) is 1. The number of rotatable bonds is 3. The minimum Gasteiger partial charge on any atom is -0.383 e. The number of pyridine rings is 1. The van der Waals surface area contributed by atoms with Crippen LogP contribution in [-0.2, 0) is 11.3 Å². The third-order valence-electron chi connectivity index (χ3n) is 4.46. The lowest BCUT2D eigenvalue weighted by molar-refractivity contribution is -0.140. The molecule has 2 aliphatic rings. The highest BCUT2D eigenvalue weighted by Crippen LogP contribution is 2.28. The Labute approximate surface area is 119 Å². The molecule has 0 spiro atoms. The highest BCUT2D eigenvalue weighted by molar-refractivity contribution is 5.79. The number of aromatic nitrogens is 1. The summed E-state index contributed by atoms with van der Waals surface area (Å²) in [6, 6.07) is 3.94. The molecule has 1 amide bonds. The van der Waals surface area contributed by atoms with Crippen LogP contribution in [0.25, 0.3) is 0 Å². The van der Waals surface area contributed by atoms with E-state index in [4.69, 9.17) is 5.73 Å². The first-order valence-corrected chi connectivity index (χ1v) is 7.44. The van der Waals surface area contributed by atoms with E-state index in [0.29, 0.717) is 17.6 Å². The van der Waals surface area contributed by atoms with Crippen molar-refractivity contribution in [2.75, 3.05) is 31.9 Å². The zero-order valence-corrected chi connectivity index (χ0v) is 11.8. The minimum absolute atomic E-state index is 0.315. The number of nitrogen functional groups attached to an aromatic ring is 1. The van der Waals surface area contributed by atoms with E-state index in [-0.39, 0.29) is 0 Å². The van der Waals surface area contributed by atoms with Crippen molar-refractivity contribution in [3.63, 3.8) is 0 Å². The quantitative estimate of drug-likeness (QED) is 0.897. The van der Waals surface area contributed by atoms with Crippen molar-refractivity contribution >= 4 is 11.7 Å². The molecule has 1 aromatic heterocycles. The zero-order chi connectivity index (χ0) is 13.9. The number of nitrogens with zero attached hydrogens (tertiary/aromatic N) is 3. The summed E-state index contributed by atoms with van der Waals surface area (Å²) in [6.45, 7) is 4.36. The predicted molar refractivity (Wildman–Crippen MR) is 77.8 cm³/mol. The summed E-state index contributed by atoms with van der Waals surface area (Å²) >= 11 is 0. The van der Waals surface area contributed by atoms with Crippen LogP contribution in [0.5, 0.6) is 0 Å². The molecule has 108 valence electrons. The van der Waals surface area contributed by atoms with Crippen LogP contribution in [0.15, 0.2) is 18.3 Å². The molecule has 20 heavy (non-hydrogen) atoms. The number of hydrogen-bond acceptors (Lipinski definition) is 4. The van der Waals surface area contributed by atoms with Gasteiger partial charge in [-0.15, -0.1) is 0 Å². The van der Waals surface area contributed by atoms with Crippen LogP contribution >= 0.6 is 0 Å². The van der Waals surface area contributed by atoms with Gasteiger partial charge in [0.25, 0.3) is 0 Å². The van der Waals surface area contributed by atoms with Crippen molar-refractivity contribution in [1.82, 2.24) is 14.8 Å². The van der Waals surface area contributed by atoms with E-state index < -0.39 is 0 Å². The topological polar surface area (TPSA) is 62.5 Å². The van der Waals surface area contributed by atoms with Crippen molar-refractivity contribution in [2.24, 2.45) is 5.92 Å². The lowest BCUT2D eigenvalue weighted by Gasteiger charge is -2.38. The van der Waals surface area contributed by atoms with Gasteiger partial charge in [0.05, 0.1) is 0 Å². The summed E-state index contributed by atoms with van der Waals surface area (Å²) in [5.74, 6) is 1.30. The van der Waals surface area contributed by atoms with Crippen molar-refractivity contribution in [3.05, 3.63) is 23.9 Å². The predicted octanol–water partition coefficient (Wildman–Crippen LogP) is 1.11. The molecule has 0 aromatic carbocycles. The van der Waals surface area contributed by atoms with Crippen molar-refractivity contribution in [1.29, 1.82) is 0 Å². The number of amides is 1. The first-order chi connectivity index (χ1) is 9.74. The molecule has 1 aromatic rings. The van der Waals surface area contributed by atoms with Crippen LogP contribution in [0, 0.1) is 5.92 Å². The van der Waals surface area contributed by atoms with Gasteiger partial charge >= 0.3 is 0 Å². The van der Waals surface area contributed by atoms with Crippen molar-refractivity contribution < 1.29 is 4.79 Å². The largest absolute Gasteiger partial charge is 0.383 e. The van der Waals surface area contributed by atoms with Gasteiger partial charge in [-0.05, 0) is 18.9 Å². The first-order valence-electron chi connectivity index (χ1n) is 7.44. The molecule has 2 heterocycles. The van der Waals surface area contributed by atoms with Crippen LogP contribution in [0.2, 0.25) is 0 Å². The Balaban J connectivity index is 1.51. The second kappa shape index (κ2) is 5.79. The molecule has 1 aliphatic heterocycles. The molecule has 2 fully saturated rings. The molecule has 1 saturated carbocycles. The van der Waals surface area contributed by atoms with Gasteiger partial charge < -0.3 is 10.6 Å². The van der Waals surface area contributed by atoms with Gasteiger partial charge in [-0.25, -0.2) is 4.98 Å². The SMILES string of the molecule is Nc1ncccc1CN1CCN(C(=O)C2CCC2)CC1. The maximum atomic E-state index is 12.2. The van der Waals surface area contributed by atoms with E-state index in [9.17, 15) is 4.79 Å². The van der Waals surface area contributed by atoms with E-state index >= 15 is 0 Å². The number of piperazine rings is 1. The van der Waals surface area contributed by atoms with Gasteiger partial charge in [0, 0.05) is 50.4 Å². The number of carbonyl (C=O) groups excluding carboxylic acids is 1. The summed E-state index contributed by atoms with van der Waals surface area (Å²) in [5, 5.41) is 0. The van der Waals surface area contributed by atoms with Gasteiger partial charge in [0.1, 0.15) is 5.82 Å². The van der Waals surface area contributed by atoms with Gasteiger partial charge in [0.2, 0.25) is 5.91 Å². The van der Waals surface area contributed by atoms with Crippen LogP contribution < -0.4 is 5.73 Å². The number of nitrogens with two attached hydrogens (primary N) is 1. The normalized spacial score (nSPS) is 20.7. The van der Waals surface area contributed by atoms with Gasteiger partial charge in [-0.1, -0.05) is 12.5 Å². The third kappa shape index (κ3) is 2.77. The highest BCUT2D eigenvalue weighted by atomic mass is 16.2. The molecular formula is C15H22N4O.